The molecule has 1 amide bonds. The van der Waals surface area contributed by atoms with E-state index in [-0.39, 0.29) is 11.6 Å². The van der Waals surface area contributed by atoms with Gasteiger partial charge in [-0.05, 0) is 30.7 Å². The number of aromatic nitrogens is 4. The Morgan fingerprint density at radius 3 is 2.75 bits per heavy atom. The van der Waals surface area contributed by atoms with Crippen molar-refractivity contribution in [3.05, 3.63) is 41.9 Å². The lowest BCUT2D eigenvalue weighted by molar-refractivity contribution is 0.0944. The number of hydrogen-bond acceptors (Lipinski definition) is 6. The molecule has 104 valence electrons. The summed E-state index contributed by atoms with van der Waals surface area (Å²) in [6.45, 7) is 3.20. The molecule has 0 unspecified atom stereocenters. The Morgan fingerprint density at radius 2 is 2.10 bits per heavy atom. The third-order valence-corrected chi connectivity index (χ3v) is 2.51. The van der Waals surface area contributed by atoms with Crippen LogP contribution in [0, 0.1) is 0 Å². The maximum Gasteiger partial charge on any atom is 0.272 e. The van der Waals surface area contributed by atoms with E-state index < -0.39 is 0 Å². The Hall–Kier alpha value is -2.57. The van der Waals surface area contributed by atoms with Gasteiger partial charge in [-0.25, -0.2) is 0 Å². The lowest BCUT2D eigenvalue weighted by Gasteiger charge is -2.05. The van der Waals surface area contributed by atoms with Crippen molar-refractivity contribution in [2.45, 2.75) is 19.9 Å². The number of carbonyl (C=O) groups is 1. The Morgan fingerprint density at radius 1 is 1.20 bits per heavy atom. The molecule has 0 radical (unpaired) electrons. The summed E-state index contributed by atoms with van der Waals surface area (Å²) in [5.74, 6) is 0.377. The monoisotopic (exact) mass is 272 g/mol. The van der Waals surface area contributed by atoms with Crippen molar-refractivity contribution in [3.8, 4) is 0 Å². The van der Waals surface area contributed by atoms with Crippen molar-refractivity contribution in [3.63, 3.8) is 0 Å². The van der Waals surface area contributed by atoms with E-state index >= 15 is 0 Å². The molecule has 0 aliphatic heterocycles. The highest BCUT2D eigenvalue weighted by Gasteiger charge is 2.08. The fourth-order valence-electron chi connectivity index (χ4n) is 1.49. The molecule has 0 saturated heterocycles. The summed E-state index contributed by atoms with van der Waals surface area (Å²) in [6.07, 6.45) is 2.58. The number of amides is 1. The Balaban J connectivity index is 1.89. The summed E-state index contributed by atoms with van der Waals surface area (Å²) < 4.78 is 0. The molecule has 2 rings (SSSR count). The molecule has 0 fully saturated rings. The van der Waals surface area contributed by atoms with Gasteiger partial charge in [-0.1, -0.05) is 6.92 Å². The molecule has 0 aromatic carbocycles. The number of nitrogens with one attached hydrogen (secondary N) is 2. The average molecular weight is 272 g/mol. The molecule has 2 aromatic heterocycles. The van der Waals surface area contributed by atoms with Crippen molar-refractivity contribution in [1.82, 2.24) is 25.7 Å². The third kappa shape index (κ3) is 3.98. The second-order valence-corrected chi connectivity index (χ2v) is 4.13. The topological polar surface area (TPSA) is 92.7 Å². The van der Waals surface area contributed by atoms with Crippen LogP contribution in [0.25, 0.3) is 0 Å². The molecular weight excluding hydrogens is 256 g/mol. The summed E-state index contributed by atoms with van der Waals surface area (Å²) in [6, 6.07) is 6.93. The van der Waals surface area contributed by atoms with E-state index in [1.54, 1.807) is 30.5 Å². The Bertz CT molecular complexity index is 543. The Labute approximate surface area is 116 Å². The highest BCUT2D eigenvalue weighted by Crippen LogP contribution is 2.02. The molecular formula is C13H16N6O. The molecule has 0 aliphatic rings. The van der Waals surface area contributed by atoms with Crippen LogP contribution in [0.1, 0.15) is 29.5 Å². The predicted octanol–water partition coefficient (Wildman–Crippen LogP) is 1.02. The summed E-state index contributed by atoms with van der Waals surface area (Å²) in [7, 11) is 0. The maximum absolute atomic E-state index is 11.9. The molecule has 7 heteroatoms. The van der Waals surface area contributed by atoms with E-state index in [4.69, 9.17) is 0 Å². The van der Waals surface area contributed by atoms with Crippen LogP contribution in [0.3, 0.4) is 0 Å². The normalized spacial score (nSPS) is 10.1. The van der Waals surface area contributed by atoms with E-state index in [0.717, 1.165) is 13.0 Å². The van der Waals surface area contributed by atoms with E-state index in [1.807, 2.05) is 0 Å². The van der Waals surface area contributed by atoms with Gasteiger partial charge in [-0.3, -0.25) is 4.79 Å². The van der Waals surface area contributed by atoms with Gasteiger partial charge in [0.2, 0.25) is 0 Å². The SMILES string of the molecule is CCCNc1ccc(C(=O)NCc2cccnn2)nn1. The lowest BCUT2D eigenvalue weighted by Crippen LogP contribution is -2.24. The minimum absolute atomic E-state index is 0.274. The first kappa shape index (κ1) is 13.9. The van der Waals surface area contributed by atoms with Gasteiger partial charge in [0.25, 0.3) is 5.91 Å². The van der Waals surface area contributed by atoms with Gasteiger partial charge in [0.05, 0.1) is 12.2 Å². The number of hydrogen-bond donors (Lipinski definition) is 2. The maximum atomic E-state index is 11.9. The molecule has 0 atom stereocenters. The zero-order chi connectivity index (χ0) is 14.2. The highest BCUT2D eigenvalue weighted by atomic mass is 16.1. The van der Waals surface area contributed by atoms with Gasteiger partial charge >= 0.3 is 0 Å². The van der Waals surface area contributed by atoms with E-state index in [2.05, 4.69) is 38.0 Å². The molecule has 0 bridgehead atoms. The van der Waals surface area contributed by atoms with Gasteiger partial charge in [0, 0.05) is 12.7 Å². The number of carbonyl (C=O) groups excluding carboxylic acids is 1. The van der Waals surface area contributed by atoms with Crippen LogP contribution in [0.15, 0.2) is 30.5 Å². The summed E-state index contributed by atoms with van der Waals surface area (Å²) in [4.78, 5) is 11.9. The molecule has 2 aromatic rings. The fraction of sp³-hybridized carbons (Fsp3) is 0.308. The van der Waals surface area contributed by atoms with Gasteiger partial charge in [-0.2, -0.15) is 10.2 Å². The minimum Gasteiger partial charge on any atom is -0.369 e. The number of rotatable bonds is 6. The van der Waals surface area contributed by atoms with Crippen molar-refractivity contribution in [2.24, 2.45) is 0 Å². The van der Waals surface area contributed by atoms with E-state index in [0.29, 0.717) is 18.1 Å². The van der Waals surface area contributed by atoms with Gasteiger partial charge in [0.15, 0.2) is 5.69 Å². The molecule has 2 heterocycles. The molecule has 20 heavy (non-hydrogen) atoms. The van der Waals surface area contributed by atoms with Crippen LogP contribution >= 0.6 is 0 Å². The first-order valence-corrected chi connectivity index (χ1v) is 6.42. The average Bonchev–Trinajstić information content (AvgIpc) is 2.52. The van der Waals surface area contributed by atoms with E-state index in [9.17, 15) is 4.79 Å². The van der Waals surface area contributed by atoms with E-state index in [1.165, 1.54) is 0 Å². The first-order valence-electron chi connectivity index (χ1n) is 6.42. The van der Waals surface area contributed by atoms with Gasteiger partial charge in [-0.15, -0.1) is 10.2 Å². The van der Waals surface area contributed by atoms with Gasteiger partial charge in [0.1, 0.15) is 5.82 Å². The standard InChI is InChI=1S/C13H16N6O/c1-2-7-14-12-6-5-11(18-19-12)13(20)15-9-10-4-3-8-16-17-10/h3-6,8H,2,7,9H2,1H3,(H,14,19)(H,15,20). The first-order chi connectivity index (χ1) is 9.79. The molecule has 2 N–H and O–H groups in total. The zero-order valence-electron chi connectivity index (χ0n) is 11.2. The highest BCUT2D eigenvalue weighted by molar-refractivity contribution is 5.92. The minimum atomic E-state index is -0.287. The third-order valence-electron chi connectivity index (χ3n) is 2.51. The lowest BCUT2D eigenvalue weighted by atomic mass is 10.3. The predicted molar refractivity (Wildman–Crippen MR) is 74.0 cm³/mol. The van der Waals surface area contributed by atoms with Crippen molar-refractivity contribution in [2.75, 3.05) is 11.9 Å². The van der Waals surface area contributed by atoms with Gasteiger partial charge < -0.3 is 10.6 Å². The van der Waals surface area contributed by atoms with Crippen molar-refractivity contribution < 1.29 is 4.79 Å². The van der Waals surface area contributed by atoms with Crippen LogP contribution in [-0.2, 0) is 6.54 Å². The second kappa shape index (κ2) is 7.13. The largest absolute Gasteiger partial charge is 0.369 e. The number of anilines is 1. The number of nitrogens with zero attached hydrogens (tertiary/aromatic N) is 4. The summed E-state index contributed by atoms with van der Waals surface area (Å²) >= 11 is 0. The van der Waals surface area contributed by atoms with Crippen molar-refractivity contribution >= 4 is 11.7 Å². The summed E-state index contributed by atoms with van der Waals surface area (Å²) in [5.41, 5.74) is 0.964. The van der Waals surface area contributed by atoms with Crippen LogP contribution < -0.4 is 10.6 Å². The van der Waals surface area contributed by atoms with Crippen LogP contribution in [-0.4, -0.2) is 32.8 Å². The molecule has 0 aliphatic carbocycles. The molecule has 0 spiro atoms. The summed E-state index contributed by atoms with van der Waals surface area (Å²) in [5, 5.41) is 21.3. The molecule has 7 nitrogen and oxygen atoms in total. The second-order valence-electron chi connectivity index (χ2n) is 4.13. The quantitative estimate of drug-likeness (QED) is 0.815. The fourth-order valence-corrected chi connectivity index (χ4v) is 1.49. The zero-order valence-corrected chi connectivity index (χ0v) is 11.2. The Kier molecular flexibility index (Phi) is 4.94. The molecule has 0 saturated carbocycles. The van der Waals surface area contributed by atoms with Crippen LogP contribution in [0.4, 0.5) is 5.82 Å². The van der Waals surface area contributed by atoms with Crippen LogP contribution in [0.2, 0.25) is 0 Å². The van der Waals surface area contributed by atoms with Crippen molar-refractivity contribution in [1.29, 1.82) is 0 Å². The smallest absolute Gasteiger partial charge is 0.272 e. The van der Waals surface area contributed by atoms with Crippen LogP contribution in [0.5, 0.6) is 0 Å².